The smallest absolute Gasteiger partial charge is 0.225 e. The van der Waals surface area contributed by atoms with Crippen molar-refractivity contribution in [3.63, 3.8) is 0 Å². The number of rotatable bonds is 5. The highest BCUT2D eigenvalue weighted by atomic mass is 32.2. The van der Waals surface area contributed by atoms with E-state index < -0.39 is 0 Å². The summed E-state index contributed by atoms with van der Waals surface area (Å²) in [5.74, 6) is 2.92. The lowest BCUT2D eigenvalue weighted by atomic mass is 10.4. The zero-order valence-electron chi connectivity index (χ0n) is 8.23. The van der Waals surface area contributed by atoms with Crippen LogP contribution in [0.1, 0.15) is 25.6 Å². The van der Waals surface area contributed by atoms with Gasteiger partial charge in [-0.15, -0.1) is 0 Å². The van der Waals surface area contributed by atoms with Gasteiger partial charge in [0.05, 0.1) is 5.75 Å². The molecule has 0 aromatic carbocycles. The third-order valence-electron chi connectivity index (χ3n) is 1.59. The normalized spacial score (nSPS) is 10.4. The Bertz CT molecular complexity index is 271. The first-order chi connectivity index (χ1) is 6.72. The van der Waals surface area contributed by atoms with Crippen molar-refractivity contribution in [1.29, 1.82) is 0 Å². The van der Waals surface area contributed by atoms with E-state index in [4.69, 9.17) is 11.5 Å². The third-order valence-corrected chi connectivity index (χ3v) is 2.63. The average Bonchev–Trinajstić information content (AvgIpc) is 2.11. The first kappa shape index (κ1) is 11.0. The van der Waals surface area contributed by atoms with E-state index in [1.807, 2.05) is 0 Å². The summed E-state index contributed by atoms with van der Waals surface area (Å²) >= 11 is 1.78. The van der Waals surface area contributed by atoms with Crippen molar-refractivity contribution in [2.45, 2.75) is 25.5 Å². The SMILES string of the molecule is CCCCSCc1nc(N)nc(N)n1. The molecule has 1 heterocycles. The van der Waals surface area contributed by atoms with Gasteiger partial charge in [-0.05, 0) is 12.2 Å². The summed E-state index contributed by atoms with van der Waals surface area (Å²) in [5.41, 5.74) is 10.9. The second-order valence-electron chi connectivity index (χ2n) is 2.87. The van der Waals surface area contributed by atoms with E-state index in [2.05, 4.69) is 21.9 Å². The predicted octanol–water partition coefficient (Wildman–Crippen LogP) is 1.07. The molecule has 0 aliphatic heterocycles. The van der Waals surface area contributed by atoms with E-state index in [1.165, 1.54) is 12.8 Å². The number of nitrogens with two attached hydrogens (primary N) is 2. The summed E-state index contributed by atoms with van der Waals surface area (Å²) in [5, 5.41) is 0. The van der Waals surface area contributed by atoms with Gasteiger partial charge in [0.2, 0.25) is 11.9 Å². The fourth-order valence-electron chi connectivity index (χ4n) is 0.931. The molecule has 0 aliphatic rings. The van der Waals surface area contributed by atoms with E-state index in [0.717, 1.165) is 11.5 Å². The second-order valence-corrected chi connectivity index (χ2v) is 3.98. The highest BCUT2D eigenvalue weighted by Gasteiger charge is 2.01. The molecular formula is C8H15N5S. The Morgan fingerprint density at radius 1 is 1.14 bits per heavy atom. The van der Waals surface area contributed by atoms with Gasteiger partial charge in [0.25, 0.3) is 0 Å². The first-order valence-corrected chi connectivity index (χ1v) is 5.71. The minimum Gasteiger partial charge on any atom is -0.368 e. The molecule has 0 radical (unpaired) electrons. The maximum Gasteiger partial charge on any atom is 0.225 e. The number of unbranched alkanes of at least 4 members (excludes halogenated alkanes) is 1. The Balaban J connectivity index is 2.42. The fourth-order valence-corrected chi connectivity index (χ4v) is 1.88. The van der Waals surface area contributed by atoms with Gasteiger partial charge in [-0.25, -0.2) is 0 Å². The van der Waals surface area contributed by atoms with E-state index in [9.17, 15) is 0 Å². The summed E-state index contributed by atoms with van der Waals surface area (Å²) in [6.45, 7) is 2.17. The molecule has 0 fully saturated rings. The van der Waals surface area contributed by atoms with Gasteiger partial charge in [0.1, 0.15) is 5.82 Å². The molecule has 14 heavy (non-hydrogen) atoms. The van der Waals surface area contributed by atoms with Crippen LogP contribution in [-0.4, -0.2) is 20.7 Å². The van der Waals surface area contributed by atoms with Crippen LogP contribution in [0.2, 0.25) is 0 Å². The van der Waals surface area contributed by atoms with Crippen LogP contribution < -0.4 is 11.5 Å². The lowest BCUT2D eigenvalue weighted by Crippen LogP contribution is -2.06. The Kier molecular flexibility index (Phi) is 4.45. The van der Waals surface area contributed by atoms with Crippen molar-refractivity contribution in [1.82, 2.24) is 15.0 Å². The molecule has 1 rings (SSSR count). The molecule has 0 spiro atoms. The third kappa shape index (κ3) is 3.78. The van der Waals surface area contributed by atoms with Crippen LogP contribution in [-0.2, 0) is 5.75 Å². The Labute approximate surface area is 87.7 Å². The molecule has 1 aromatic rings. The number of nitrogens with zero attached hydrogens (tertiary/aromatic N) is 3. The van der Waals surface area contributed by atoms with Gasteiger partial charge in [0, 0.05) is 0 Å². The summed E-state index contributed by atoms with van der Waals surface area (Å²) in [7, 11) is 0. The lowest BCUT2D eigenvalue weighted by Gasteiger charge is -2.01. The standard InChI is InChI=1S/C8H15N5S/c1-2-3-4-14-5-6-11-7(9)13-8(10)12-6/h2-5H2,1H3,(H4,9,10,11,12,13). The van der Waals surface area contributed by atoms with Gasteiger partial charge in [0.15, 0.2) is 0 Å². The number of hydrogen-bond donors (Lipinski definition) is 2. The molecule has 0 saturated carbocycles. The Hall–Kier alpha value is -1.04. The van der Waals surface area contributed by atoms with Gasteiger partial charge in [-0.2, -0.15) is 26.7 Å². The highest BCUT2D eigenvalue weighted by Crippen LogP contribution is 2.11. The number of aromatic nitrogens is 3. The predicted molar refractivity (Wildman–Crippen MR) is 59.7 cm³/mol. The van der Waals surface area contributed by atoms with Crippen LogP contribution in [0.4, 0.5) is 11.9 Å². The van der Waals surface area contributed by atoms with E-state index in [-0.39, 0.29) is 11.9 Å². The van der Waals surface area contributed by atoms with Crippen LogP contribution >= 0.6 is 11.8 Å². The quantitative estimate of drug-likeness (QED) is 0.711. The van der Waals surface area contributed by atoms with Gasteiger partial charge in [-0.3, -0.25) is 0 Å². The first-order valence-electron chi connectivity index (χ1n) is 4.56. The fraction of sp³-hybridized carbons (Fsp3) is 0.625. The van der Waals surface area contributed by atoms with Gasteiger partial charge in [-0.1, -0.05) is 13.3 Å². The topological polar surface area (TPSA) is 90.7 Å². The van der Waals surface area contributed by atoms with Gasteiger partial charge >= 0.3 is 0 Å². The van der Waals surface area contributed by atoms with Crippen molar-refractivity contribution in [2.75, 3.05) is 17.2 Å². The zero-order chi connectivity index (χ0) is 10.4. The van der Waals surface area contributed by atoms with Crippen LogP contribution in [0.3, 0.4) is 0 Å². The van der Waals surface area contributed by atoms with E-state index in [1.54, 1.807) is 11.8 Å². The molecule has 4 N–H and O–H groups in total. The molecule has 0 aliphatic carbocycles. The molecule has 1 aromatic heterocycles. The number of anilines is 2. The highest BCUT2D eigenvalue weighted by molar-refractivity contribution is 7.98. The summed E-state index contributed by atoms with van der Waals surface area (Å²) < 4.78 is 0. The maximum absolute atomic E-state index is 5.44. The van der Waals surface area contributed by atoms with Crippen LogP contribution in [0.25, 0.3) is 0 Å². The minimum absolute atomic E-state index is 0.198. The van der Waals surface area contributed by atoms with Crippen molar-refractivity contribution < 1.29 is 0 Å². The molecule has 0 unspecified atom stereocenters. The molecule has 0 bridgehead atoms. The van der Waals surface area contributed by atoms with Crippen molar-refractivity contribution in [3.05, 3.63) is 5.82 Å². The minimum atomic E-state index is 0.198. The Morgan fingerprint density at radius 3 is 2.36 bits per heavy atom. The molecule has 78 valence electrons. The maximum atomic E-state index is 5.44. The van der Waals surface area contributed by atoms with E-state index in [0.29, 0.717) is 5.82 Å². The second kappa shape index (κ2) is 5.64. The molecule has 0 atom stereocenters. The van der Waals surface area contributed by atoms with Crippen LogP contribution in [0.5, 0.6) is 0 Å². The molecule has 5 nitrogen and oxygen atoms in total. The Morgan fingerprint density at radius 2 is 1.79 bits per heavy atom. The summed E-state index contributed by atoms with van der Waals surface area (Å²) in [4.78, 5) is 11.7. The van der Waals surface area contributed by atoms with Crippen molar-refractivity contribution in [2.24, 2.45) is 0 Å². The van der Waals surface area contributed by atoms with Crippen LogP contribution in [0.15, 0.2) is 0 Å². The lowest BCUT2D eigenvalue weighted by molar-refractivity contribution is 0.894. The summed E-state index contributed by atoms with van der Waals surface area (Å²) in [6.07, 6.45) is 2.41. The monoisotopic (exact) mass is 213 g/mol. The van der Waals surface area contributed by atoms with Crippen molar-refractivity contribution in [3.8, 4) is 0 Å². The van der Waals surface area contributed by atoms with Gasteiger partial charge < -0.3 is 11.5 Å². The molecule has 0 saturated heterocycles. The number of nitrogen functional groups attached to an aromatic ring is 2. The van der Waals surface area contributed by atoms with Crippen molar-refractivity contribution >= 4 is 23.7 Å². The molecular weight excluding hydrogens is 198 g/mol. The van der Waals surface area contributed by atoms with E-state index >= 15 is 0 Å². The van der Waals surface area contributed by atoms with Crippen LogP contribution in [0, 0.1) is 0 Å². The zero-order valence-corrected chi connectivity index (χ0v) is 9.05. The molecule has 6 heteroatoms. The number of thioether (sulfide) groups is 1. The number of hydrogen-bond acceptors (Lipinski definition) is 6. The largest absolute Gasteiger partial charge is 0.368 e. The molecule has 0 amide bonds. The summed E-state index contributed by atoms with van der Waals surface area (Å²) in [6, 6.07) is 0. The average molecular weight is 213 g/mol.